The molecule has 0 aliphatic heterocycles. The van der Waals surface area contributed by atoms with E-state index in [0.29, 0.717) is 34.7 Å². The summed E-state index contributed by atoms with van der Waals surface area (Å²) in [6, 6.07) is 16.9. The summed E-state index contributed by atoms with van der Waals surface area (Å²) in [5, 5.41) is 23.3. The summed E-state index contributed by atoms with van der Waals surface area (Å²) < 4.78 is 17.6. The number of hydrogen-bond donors (Lipinski definition) is 1. The largest absolute Gasteiger partial charge is 0.495 e. The number of halogens is 1. The first-order valence-corrected chi connectivity index (χ1v) is 12.0. The number of carbonyl (C=O) groups excluding carboxylic acids is 1. The number of anilines is 1. The number of nitrogens with zero attached hydrogens (tertiary/aromatic N) is 2. The number of non-ortho nitro benzene ring substituents is 1. The summed E-state index contributed by atoms with van der Waals surface area (Å²) in [5.41, 5.74) is 2.25. The summed E-state index contributed by atoms with van der Waals surface area (Å²) in [6.45, 7) is 4.54. The lowest BCUT2D eigenvalue weighted by Gasteiger charge is -2.16. The number of nitro groups is 1. The minimum absolute atomic E-state index is 0.0685. The van der Waals surface area contributed by atoms with Gasteiger partial charge in [0.2, 0.25) is 0 Å². The molecule has 0 aliphatic rings. The number of aryl methyl sites for hydroxylation is 1. The second kappa shape index (κ2) is 12.6. The third-order valence-corrected chi connectivity index (χ3v) is 5.87. The Morgan fingerprint density at radius 2 is 1.92 bits per heavy atom. The fourth-order valence-corrected chi connectivity index (χ4v) is 3.98. The number of ether oxygens (including phenoxy) is 3. The zero-order valence-electron chi connectivity index (χ0n) is 20.4. The molecule has 10 heteroatoms. The van der Waals surface area contributed by atoms with E-state index in [4.69, 9.17) is 14.2 Å². The highest BCUT2D eigenvalue weighted by Crippen LogP contribution is 2.38. The molecule has 0 aliphatic carbocycles. The van der Waals surface area contributed by atoms with Crippen molar-refractivity contribution in [1.82, 2.24) is 0 Å². The summed E-state index contributed by atoms with van der Waals surface area (Å²) in [6.07, 6.45) is 1.39. The van der Waals surface area contributed by atoms with E-state index in [-0.39, 0.29) is 22.7 Å². The second-order valence-electron chi connectivity index (χ2n) is 7.74. The zero-order chi connectivity index (χ0) is 26.9. The maximum absolute atomic E-state index is 12.9. The molecule has 190 valence electrons. The smallest absolute Gasteiger partial charge is 0.271 e. The standard InChI is InChI=1S/C27H24BrN3O6/c1-4-36-25-13-18(12-22(28)26(25)37-16-19-8-6-5-7-17(19)2)11-20(15-29)27(32)30-23-14-21(31(33)34)9-10-24(23)35-3/h5-14H,4,16H2,1-3H3,(H,30,32)/b20-11+. The fraction of sp³-hybridized carbons (Fsp3) is 0.185. The summed E-state index contributed by atoms with van der Waals surface area (Å²) in [4.78, 5) is 23.4. The number of nitriles is 1. The molecule has 0 aromatic heterocycles. The van der Waals surface area contributed by atoms with E-state index in [1.54, 1.807) is 12.1 Å². The molecule has 0 atom stereocenters. The Kier molecular flexibility index (Phi) is 9.24. The number of hydrogen-bond acceptors (Lipinski definition) is 7. The Bertz CT molecular complexity index is 1400. The van der Waals surface area contributed by atoms with Gasteiger partial charge in [0.05, 0.1) is 28.8 Å². The molecule has 37 heavy (non-hydrogen) atoms. The lowest BCUT2D eigenvalue weighted by atomic mass is 10.1. The van der Waals surface area contributed by atoms with Gasteiger partial charge in [-0.25, -0.2) is 0 Å². The molecule has 0 heterocycles. The maximum Gasteiger partial charge on any atom is 0.271 e. The molecule has 1 amide bonds. The molecular formula is C27H24BrN3O6. The van der Waals surface area contributed by atoms with Crippen LogP contribution in [0.3, 0.4) is 0 Å². The number of rotatable bonds is 10. The molecule has 0 unspecified atom stereocenters. The molecule has 0 fully saturated rings. The van der Waals surface area contributed by atoms with Crippen molar-refractivity contribution in [3.05, 3.63) is 91.4 Å². The first-order valence-electron chi connectivity index (χ1n) is 11.2. The van der Waals surface area contributed by atoms with Crippen LogP contribution >= 0.6 is 15.9 Å². The normalized spacial score (nSPS) is 10.8. The second-order valence-corrected chi connectivity index (χ2v) is 8.60. The van der Waals surface area contributed by atoms with E-state index >= 15 is 0 Å². The van der Waals surface area contributed by atoms with Crippen LogP contribution in [-0.4, -0.2) is 24.5 Å². The Hall–Kier alpha value is -4.36. The maximum atomic E-state index is 12.9. The van der Waals surface area contributed by atoms with Gasteiger partial charge in [0, 0.05) is 12.1 Å². The summed E-state index contributed by atoms with van der Waals surface area (Å²) in [7, 11) is 1.37. The minimum atomic E-state index is -0.754. The molecule has 9 nitrogen and oxygen atoms in total. The average molecular weight is 566 g/mol. The van der Waals surface area contributed by atoms with Crippen molar-refractivity contribution in [1.29, 1.82) is 5.26 Å². The number of nitro benzene ring substituents is 1. The predicted octanol–water partition coefficient (Wildman–Crippen LogP) is 6.20. The van der Waals surface area contributed by atoms with Gasteiger partial charge in [-0.05, 0) is 70.7 Å². The van der Waals surface area contributed by atoms with E-state index in [1.807, 2.05) is 44.2 Å². The highest BCUT2D eigenvalue weighted by Gasteiger charge is 2.18. The minimum Gasteiger partial charge on any atom is -0.495 e. The molecule has 0 spiro atoms. The van der Waals surface area contributed by atoms with E-state index in [1.165, 1.54) is 25.3 Å². The number of nitrogens with one attached hydrogen (secondary N) is 1. The van der Waals surface area contributed by atoms with E-state index in [9.17, 15) is 20.2 Å². The molecule has 0 saturated carbocycles. The van der Waals surface area contributed by atoms with Crippen LogP contribution in [0, 0.1) is 28.4 Å². The Morgan fingerprint density at radius 3 is 2.57 bits per heavy atom. The van der Waals surface area contributed by atoms with Crippen LogP contribution in [0.5, 0.6) is 17.2 Å². The van der Waals surface area contributed by atoms with Crippen LogP contribution < -0.4 is 19.5 Å². The van der Waals surface area contributed by atoms with Gasteiger partial charge in [0.15, 0.2) is 11.5 Å². The van der Waals surface area contributed by atoms with Gasteiger partial charge in [-0.2, -0.15) is 5.26 Å². The predicted molar refractivity (Wildman–Crippen MR) is 143 cm³/mol. The van der Waals surface area contributed by atoms with E-state index in [0.717, 1.165) is 17.2 Å². The number of carbonyl (C=O) groups is 1. The SMILES string of the molecule is CCOc1cc(/C=C(\C#N)C(=O)Nc2cc([N+](=O)[O-])ccc2OC)cc(Br)c1OCc1ccccc1C. The van der Waals surface area contributed by atoms with Gasteiger partial charge >= 0.3 is 0 Å². The van der Waals surface area contributed by atoms with Crippen molar-refractivity contribution < 1.29 is 23.9 Å². The molecule has 0 radical (unpaired) electrons. The van der Waals surface area contributed by atoms with Crippen molar-refractivity contribution in [3.8, 4) is 23.3 Å². The van der Waals surface area contributed by atoms with Crippen molar-refractivity contribution in [2.75, 3.05) is 19.0 Å². The Labute approximate surface area is 222 Å². The van der Waals surface area contributed by atoms with Gasteiger partial charge in [0.1, 0.15) is 24.0 Å². The highest BCUT2D eigenvalue weighted by atomic mass is 79.9. The summed E-state index contributed by atoms with van der Waals surface area (Å²) in [5.74, 6) is 0.393. The fourth-order valence-electron chi connectivity index (χ4n) is 3.41. The van der Waals surface area contributed by atoms with Gasteiger partial charge < -0.3 is 19.5 Å². The van der Waals surface area contributed by atoms with E-state index < -0.39 is 10.8 Å². The van der Waals surface area contributed by atoms with Gasteiger partial charge in [-0.15, -0.1) is 0 Å². The average Bonchev–Trinajstić information content (AvgIpc) is 2.87. The Morgan fingerprint density at radius 1 is 1.16 bits per heavy atom. The molecule has 1 N–H and O–H groups in total. The van der Waals surface area contributed by atoms with Crippen LogP contribution in [0.1, 0.15) is 23.6 Å². The topological polar surface area (TPSA) is 124 Å². The van der Waals surface area contributed by atoms with Gasteiger partial charge in [0.25, 0.3) is 11.6 Å². The Balaban J connectivity index is 1.89. The van der Waals surface area contributed by atoms with Crippen LogP contribution in [0.2, 0.25) is 0 Å². The van der Waals surface area contributed by atoms with Crippen molar-refractivity contribution >= 4 is 39.3 Å². The zero-order valence-corrected chi connectivity index (χ0v) is 22.0. The lowest BCUT2D eigenvalue weighted by molar-refractivity contribution is -0.384. The molecule has 3 aromatic rings. The van der Waals surface area contributed by atoms with Crippen LogP contribution in [0.4, 0.5) is 11.4 Å². The molecule has 0 saturated heterocycles. The monoisotopic (exact) mass is 565 g/mol. The van der Waals surface area contributed by atoms with Crippen molar-refractivity contribution in [2.24, 2.45) is 0 Å². The van der Waals surface area contributed by atoms with Crippen molar-refractivity contribution in [2.45, 2.75) is 20.5 Å². The lowest BCUT2D eigenvalue weighted by Crippen LogP contribution is -2.14. The van der Waals surface area contributed by atoms with E-state index in [2.05, 4.69) is 21.2 Å². The molecule has 3 rings (SSSR count). The number of benzene rings is 3. The number of amides is 1. The third kappa shape index (κ3) is 6.86. The van der Waals surface area contributed by atoms with Gasteiger partial charge in [-0.3, -0.25) is 14.9 Å². The first kappa shape index (κ1) is 27.2. The number of methoxy groups -OCH3 is 1. The van der Waals surface area contributed by atoms with Crippen molar-refractivity contribution in [3.63, 3.8) is 0 Å². The third-order valence-electron chi connectivity index (χ3n) is 5.28. The molecule has 3 aromatic carbocycles. The van der Waals surface area contributed by atoms with Gasteiger partial charge in [-0.1, -0.05) is 24.3 Å². The molecular weight excluding hydrogens is 542 g/mol. The quantitative estimate of drug-likeness (QED) is 0.134. The highest BCUT2D eigenvalue weighted by molar-refractivity contribution is 9.10. The first-order chi connectivity index (χ1) is 17.8. The van der Waals surface area contributed by atoms with Crippen LogP contribution in [0.25, 0.3) is 6.08 Å². The molecule has 0 bridgehead atoms. The summed E-state index contributed by atoms with van der Waals surface area (Å²) >= 11 is 3.51. The van der Waals surface area contributed by atoms with Crippen LogP contribution in [0.15, 0.2) is 64.6 Å². The van der Waals surface area contributed by atoms with Crippen LogP contribution in [-0.2, 0) is 11.4 Å².